The Morgan fingerprint density at radius 2 is 2.10 bits per heavy atom. The summed E-state index contributed by atoms with van der Waals surface area (Å²) in [6.07, 6.45) is 3.45. The Morgan fingerprint density at radius 1 is 1.29 bits per heavy atom. The van der Waals surface area contributed by atoms with Crippen LogP contribution in [0.1, 0.15) is 21.7 Å². The Labute approximate surface area is 141 Å². The summed E-state index contributed by atoms with van der Waals surface area (Å²) in [5.74, 6) is 0. The molecule has 1 N–H and O–H groups in total. The normalized spacial score (nSPS) is 14.4. The maximum atomic E-state index is 12.3. The number of benzene rings is 1. The van der Waals surface area contributed by atoms with E-state index in [2.05, 4.69) is 26.7 Å². The van der Waals surface area contributed by atoms with Crippen molar-refractivity contribution in [1.82, 2.24) is 4.72 Å². The van der Waals surface area contributed by atoms with E-state index >= 15 is 0 Å². The first-order valence-corrected chi connectivity index (χ1v) is 9.98. The summed E-state index contributed by atoms with van der Waals surface area (Å²) >= 11 is 10.8. The molecular formula is C14H13BrClNO2S2. The van der Waals surface area contributed by atoms with Crippen molar-refractivity contribution in [1.29, 1.82) is 0 Å². The molecule has 0 bridgehead atoms. The van der Waals surface area contributed by atoms with E-state index in [1.807, 2.05) is 0 Å². The van der Waals surface area contributed by atoms with E-state index in [-0.39, 0.29) is 4.90 Å². The number of rotatable bonds is 4. The van der Waals surface area contributed by atoms with Gasteiger partial charge in [-0.05, 0) is 65.0 Å². The van der Waals surface area contributed by atoms with Crippen LogP contribution < -0.4 is 4.72 Å². The van der Waals surface area contributed by atoms with Gasteiger partial charge in [-0.25, -0.2) is 13.1 Å². The van der Waals surface area contributed by atoms with Crippen LogP contribution in [0.15, 0.2) is 33.6 Å². The molecule has 3 nitrogen and oxygen atoms in total. The van der Waals surface area contributed by atoms with Gasteiger partial charge >= 0.3 is 0 Å². The molecule has 0 saturated carbocycles. The van der Waals surface area contributed by atoms with Gasteiger partial charge in [-0.2, -0.15) is 0 Å². The van der Waals surface area contributed by atoms with Gasteiger partial charge in [0.2, 0.25) is 10.0 Å². The van der Waals surface area contributed by atoms with Crippen LogP contribution in [0.4, 0.5) is 0 Å². The minimum atomic E-state index is -3.52. The predicted octanol–water partition coefficient (Wildman–Crippen LogP) is 4.13. The van der Waals surface area contributed by atoms with E-state index in [1.165, 1.54) is 29.0 Å². The van der Waals surface area contributed by atoms with Crippen molar-refractivity contribution in [3.63, 3.8) is 0 Å². The van der Waals surface area contributed by atoms with Crippen molar-refractivity contribution in [2.75, 3.05) is 0 Å². The Hall–Kier alpha value is -0.400. The molecule has 112 valence electrons. The quantitative estimate of drug-likeness (QED) is 0.830. The molecule has 0 aliphatic heterocycles. The Bertz CT molecular complexity index is 765. The van der Waals surface area contributed by atoms with Gasteiger partial charge < -0.3 is 0 Å². The van der Waals surface area contributed by atoms with E-state index in [1.54, 1.807) is 17.4 Å². The molecule has 1 heterocycles. The fourth-order valence-electron chi connectivity index (χ4n) is 2.37. The summed E-state index contributed by atoms with van der Waals surface area (Å²) in [5, 5.41) is 0.489. The van der Waals surface area contributed by atoms with E-state index in [0.717, 1.165) is 17.7 Å². The summed E-state index contributed by atoms with van der Waals surface area (Å²) in [6.45, 7) is 0.334. The average Bonchev–Trinajstić information content (AvgIpc) is 3.00. The fraction of sp³-hybridized carbons (Fsp3) is 0.286. The molecule has 0 amide bonds. The molecule has 1 aromatic heterocycles. The summed E-state index contributed by atoms with van der Waals surface area (Å²) < 4.78 is 27.8. The van der Waals surface area contributed by atoms with Crippen LogP contribution >= 0.6 is 38.9 Å². The Balaban J connectivity index is 1.74. The lowest BCUT2D eigenvalue weighted by Crippen LogP contribution is -2.22. The topological polar surface area (TPSA) is 46.2 Å². The highest BCUT2D eigenvalue weighted by Gasteiger charge is 2.18. The van der Waals surface area contributed by atoms with Crippen LogP contribution in [-0.4, -0.2) is 8.42 Å². The Kier molecular flexibility index (Phi) is 4.43. The highest BCUT2D eigenvalue weighted by molar-refractivity contribution is 9.10. The number of hydrogen-bond acceptors (Lipinski definition) is 3. The second-order valence-corrected chi connectivity index (χ2v) is 9.16. The number of nitrogens with one attached hydrogen (secondary N) is 1. The van der Waals surface area contributed by atoms with Crippen molar-refractivity contribution in [3.8, 4) is 0 Å². The second kappa shape index (κ2) is 6.01. The third-order valence-electron chi connectivity index (χ3n) is 3.44. The number of sulfonamides is 1. The molecule has 1 aliphatic rings. The zero-order valence-corrected chi connectivity index (χ0v) is 15.0. The van der Waals surface area contributed by atoms with Crippen molar-refractivity contribution in [3.05, 3.63) is 49.1 Å². The average molecular weight is 407 g/mol. The standard InChI is InChI=1S/C14H13BrClNO2S2/c15-12-7-11(4-5-13(12)16)21(18,19)17-8-10-6-9-2-1-3-14(9)20-10/h4-7,17H,1-3,8H2. The number of halogens is 2. The minimum Gasteiger partial charge on any atom is -0.207 e. The van der Waals surface area contributed by atoms with E-state index < -0.39 is 10.0 Å². The molecule has 21 heavy (non-hydrogen) atoms. The predicted molar refractivity (Wildman–Crippen MR) is 89.5 cm³/mol. The lowest BCUT2D eigenvalue weighted by molar-refractivity contribution is 0.581. The van der Waals surface area contributed by atoms with Gasteiger partial charge in [0.05, 0.1) is 9.92 Å². The number of thiophene rings is 1. The summed E-state index contributed by atoms with van der Waals surface area (Å²) in [7, 11) is -3.52. The van der Waals surface area contributed by atoms with Crippen LogP contribution in [0, 0.1) is 0 Å². The molecule has 3 rings (SSSR count). The molecule has 0 atom stereocenters. The molecule has 0 radical (unpaired) electrons. The van der Waals surface area contributed by atoms with Crippen LogP contribution in [0.5, 0.6) is 0 Å². The molecule has 0 fully saturated rings. The van der Waals surface area contributed by atoms with Gasteiger partial charge in [0.25, 0.3) is 0 Å². The molecule has 2 aromatic rings. The summed E-state index contributed by atoms with van der Waals surface area (Å²) in [6, 6.07) is 6.70. The van der Waals surface area contributed by atoms with Crippen LogP contribution in [0.2, 0.25) is 5.02 Å². The lowest BCUT2D eigenvalue weighted by Gasteiger charge is -2.07. The molecular weight excluding hydrogens is 394 g/mol. The van der Waals surface area contributed by atoms with E-state index in [9.17, 15) is 8.42 Å². The molecule has 0 saturated heterocycles. The highest BCUT2D eigenvalue weighted by Crippen LogP contribution is 2.31. The van der Waals surface area contributed by atoms with Crippen molar-refractivity contribution in [2.24, 2.45) is 0 Å². The van der Waals surface area contributed by atoms with Gasteiger partial charge in [-0.3, -0.25) is 0 Å². The van der Waals surface area contributed by atoms with Crippen LogP contribution in [0.3, 0.4) is 0 Å². The van der Waals surface area contributed by atoms with Gasteiger partial charge in [0.1, 0.15) is 0 Å². The van der Waals surface area contributed by atoms with Crippen LogP contribution in [-0.2, 0) is 29.4 Å². The molecule has 1 aliphatic carbocycles. The summed E-state index contributed by atoms with van der Waals surface area (Å²) in [4.78, 5) is 2.68. The maximum Gasteiger partial charge on any atom is 0.240 e. The number of hydrogen-bond donors (Lipinski definition) is 1. The minimum absolute atomic E-state index is 0.211. The first-order chi connectivity index (χ1) is 9.95. The van der Waals surface area contributed by atoms with Gasteiger partial charge in [-0.15, -0.1) is 11.3 Å². The second-order valence-electron chi connectivity index (χ2n) is 4.92. The third kappa shape index (κ3) is 3.35. The molecule has 7 heteroatoms. The first-order valence-electron chi connectivity index (χ1n) is 6.51. The largest absolute Gasteiger partial charge is 0.240 e. The fourth-order valence-corrected chi connectivity index (χ4v) is 5.34. The summed E-state index contributed by atoms with van der Waals surface area (Å²) in [5.41, 5.74) is 1.38. The zero-order valence-electron chi connectivity index (χ0n) is 11.0. The monoisotopic (exact) mass is 405 g/mol. The van der Waals surface area contributed by atoms with Gasteiger partial charge in [0, 0.05) is 20.8 Å². The molecule has 0 spiro atoms. The van der Waals surface area contributed by atoms with Crippen molar-refractivity contribution < 1.29 is 8.42 Å². The Morgan fingerprint density at radius 3 is 2.81 bits per heavy atom. The smallest absolute Gasteiger partial charge is 0.207 e. The third-order valence-corrected chi connectivity index (χ3v) is 7.29. The molecule has 1 aromatic carbocycles. The van der Waals surface area contributed by atoms with Gasteiger partial charge in [-0.1, -0.05) is 11.6 Å². The first kappa shape index (κ1) is 15.5. The zero-order chi connectivity index (χ0) is 15.0. The maximum absolute atomic E-state index is 12.3. The number of fused-ring (bicyclic) bond motifs is 1. The van der Waals surface area contributed by atoms with Crippen LogP contribution in [0.25, 0.3) is 0 Å². The van der Waals surface area contributed by atoms with E-state index in [0.29, 0.717) is 16.0 Å². The van der Waals surface area contributed by atoms with E-state index in [4.69, 9.17) is 11.6 Å². The number of aryl methyl sites for hydroxylation is 2. The van der Waals surface area contributed by atoms with Gasteiger partial charge in [0.15, 0.2) is 0 Å². The van der Waals surface area contributed by atoms with Crippen molar-refractivity contribution >= 4 is 48.9 Å². The highest BCUT2D eigenvalue weighted by atomic mass is 79.9. The molecule has 0 unspecified atom stereocenters. The SMILES string of the molecule is O=S(=O)(NCc1cc2c(s1)CCC2)c1ccc(Cl)c(Br)c1. The van der Waals surface area contributed by atoms with Crippen molar-refractivity contribution in [2.45, 2.75) is 30.7 Å². The lowest BCUT2D eigenvalue weighted by atomic mass is 10.2.